The molecule has 0 spiro atoms. The largest absolute Gasteiger partial charge is 0.497 e. The van der Waals surface area contributed by atoms with E-state index in [2.05, 4.69) is 21.2 Å². The van der Waals surface area contributed by atoms with Crippen LogP contribution in [0.3, 0.4) is 0 Å². The third kappa shape index (κ3) is 7.92. The highest BCUT2D eigenvalue weighted by Crippen LogP contribution is 2.27. The van der Waals surface area contributed by atoms with Gasteiger partial charge in [-0.15, -0.1) is 0 Å². The lowest BCUT2D eigenvalue weighted by Crippen LogP contribution is -2.53. The average molecular weight is 657 g/mol. The number of sulfonamides is 1. The maximum atomic E-state index is 14.1. The molecule has 3 aromatic carbocycles. The van der Waals surface area contributed by atoms with E-state index in [1.807, 2.05) is 19.1 Å². The molecule has 3 aromatic rings. The predicted molar refractivity (Wildman–Crippen MR) is 168 cm³/mol. The second-order valence-electron chi connectivity index (χ2n) is 10.7. The molecule has 2 amide bonds. The fraction of sp³-hybridized carbons (Fsp3) is 0.375. The normalized spacial score (nSPS) is 14.6. The lowest BCUT2D eigenvalue weighted by molar-refractivity contribution is -0.139. The van der Waals surface area contributed by atoms with Gasteiger partial charge in [-0.1, -0.05) is 65.0 Å². The van der Waals surface area contributed by atoms with Crippen LogP contribution in [0.1, 0.15) is 50.2 Å². The van der Waals surface area contributed by atoms with Crippen molar-refractivity contribution >= 4 is 43.5 Å². The number of anilines is 1. The molecule has 1 N–H and O–H groups in total. The third-order valence-corrected chi connectivity index (χ3v) is 9.95. The molecule has 4 rings (SSSR count). The molecule has 1 fully saturated rings. The van der Waals surface area contributed by atoms with Crippen LogP contribution in [0.5, 0.6) is 5.75 Å². The molecule has 1 saturated carbocycles. The molecule has 1 aliphatic carbocycles. The lowest BCUT2D eigenvalue weighted by atomic mass is 9.95. The van der Waals surface area contributed by atoms with E-state index in [1.165, 1.54) is 17.0 Å². The molecular weight excluding hydrogens is 618 g/mol. The number of amides is 2. The second-order valence-corrected chi connectivity index (χ2v) is 13.5. The number of ether oxygens (including phenoxy) is 1. The summed E-state index contributed by atoms with van der Waals surface area (Å²) in [6.07, 6.45) is 5.11. The van der Waals surface area contributed by atoms with Crippen LogP contribution in [0.4, 0.5) is 5.69 Å². The fourth-order valence-electron chi connectivity index (χ4n) is 5.05. The van der Waals surface area contributed by atoms with Crippen molar-refractivity contribution in [3.63, 3.8) is 0 Å². The van der Waals surface area contributed by atoms with Crippen LogP contribution in [-0.4, -0.2) is 50.9 Å². The fourth-order valence-corrected chi connectivity index (χ4v) is 6.73. The van der Waals surface area contributed by atoms with Crippen molar-refractivity contribution in [2.45, 2.75) is 69.5 Å². The van der Waals surface area contributed by atoms with E-state index < -0.39 is 28.5 Å². The monoisotopic (exact) mass is 655 g/mol. The Morgan fingerprint density at radius 2 is 1.57 bits per heavy atom. The number of methoxy groups -OCH3 is 1. The summed E-state index contributed by atoms with van der Waals surface area (Å²) in [5.41, 5.74) is 2.05. The number of nitrogens with one attached hydrogen (secondary N) is 1. The van der Waals surface area contributed by atoms with Crippen molar-refractivity contribution in [3.05, 3.63) is 88.4 Å². The summed E-state index contributed by atoms with van der Waals surface area (Å²) in [5, 5.41) is 3.12. The third-order valence-electron chi connectivity index (χ3n) is 7.63. The van der Waals surface area contributed by atoms with Crippen molar-refractivity contribution in [1.29, 1.82) is 0 Å². The number of benzene rings is 3. The quantitative estimate of drug-likeness (QED) is 0.281. The molecule has 0 aromatic heterocycles. The SMILES string of the molecule is COc1ccc(CN(C(=O)CN(c2ccc(Br)cc2)S(=O)(=O)c2ccc(C)cc2)[C@@H](C)C(=O)NC2CCCCC2)cc1. The second kappa shape index (κ2) is 14.2. The Hall–Kier alpha value is -3.37. The van der Waals surface area contributed by atoms with Gasteiger partial charge in [0.1, 0.15) is 18.3 Å². The van der Waals surface area contributed by atoms with Crippen LogP contribution in [0.25, 0.3) is 0 Å². The molecule has 0 saturated heterocycles. The van der Waals surface area contributed by atoms with Crippen LogP contribution in [0.15, 0.2) is 82.2 Å². The summed E-state index contributed by atoms with van der Waals surface area (Å²) in [4.78, 5) is 29.1. The van der Waals surface area contributed by atoms with Crippen molar-refractivity contribution in [2.24, 2.45) is 0 Å². The predicted octanol–water partition coefficient (Wildman–Crippen LogP) is 5.83. The standard InChI is InChI=1S/C32H38BrN3O5S/c1-23-9-19-30(20-10-23)42(39,40)36(28-15-13-26(33)14-16-28)22-31(37)35(21-25-11-17-29(41-3)18-12-25)24(2)32(38)34-27-7-5-4-6-8-27/h9-20,24,27H,4-8,21-22H2,1-3H3,(H,34,38)/t24-/m0/s1. The molecule has 0 radical (unpaired) electrons. The van der Waals surface area contributed by atoms with E-state index in [4.69, 9.17) is 4.74 Å². The average Bonchev–Trinajstić information content (AvgIpc) is 2.99. The van der Waals surface area contributed by atoms with Crippen LogP contribution in [0, 0.1) is 6.92 Å². The first kappa shape index (κ1) is 31.6. The molecule has 1 atom stereocenters. The van der Waals surface area contributed by atoms with Crippen molar-refractivity contribution in [3.8, 4) is 5.75 Å². The highest BCUT2D eigenvalue weighted by molar-refractivity contribution is 9.10. The van der Waals surface area contributed by atoms with Gasteiger partial charge in [0, 0.05) is 17.1 Å². The minimum Gasteiger partial charge on any atom is -0.497 e. The highest BCUT2D eigenvalue weighted by atomic mass is 79.9. The van der Waals surface area contributed by atoms with E-state index in [-0.39, 0.29) is 23.4 Å². The Morgan fingerprint density at radius 1 is 0.952 bits per heavy atom. The summed E-state index contributed by atoms with van der Waals surface area (Å²) in [5.74, 6) is -0.0682. The molecule has 0 heterocycles. The van der Waals surface area contributed by atoms with Crippen molar-refractivity contribution in [1.82, 2.24) is 10.2 Å². The molecule has 8 nitrogen and oxygen atoms in total. The minimum absolute atomic E-state index is 0.0767. The zero-order chi connectivity index (χ0) is 30.3. The van der Waals surface area contributed by atoms with Crippen molar-refractivity contribution in [2.75, 3.05) is 18.0 Å². The van der Waals surface area contributed by atoms with Gasteiger partial charge in [0.2, 0.25) is 11.8 Å². The Kier molecular flexibility index (Phi) is 10.7. The Balaban J connectivity index is 1.66. The van der Waals surface area contributed by atoms with Gasteiger partial charge in [0.15, 0.2) is 0 Å². The van der Waals surface area contributed by atoms with E-state index in [9.17, 15) is 18.0 Å². The van der Waals surface area contributed by atoms with Crippen LogP contribution in [0.2, 0.25) is 0 Å². The highest BCUT2D eigenvalue weighted by Gasteiger charge is 2.33. The Morgan fingerprint density at radius 3 is 2.17 bits per heavy atom. The number of rotatable bonds is 11. The number of carbonyl (C=O) groups is 2. The molecule has 1 aliphatic rings. The van der Waals surface area contributed by atoms with Gasteiger partial charge in [0.05, 0.1) is 17.7 Å². The van der Waals surface area contributed by atoms with E-state index in [0.29, 0.717) is 11.4 Å². The van der Waals surface area contributed by atoms with Gasteiger partial charge in [-0.25, -0.2) is 8.42 Å². The molecule has 10 heteroatoms. The van der Waals surface area contributed by atoms with Crippen LogP contribution < -0.4 is 14.4 Å². The maximum absolute atomic E-state index is 14.1. The smallest absolute Gasteiger partial charge is 0.264 e. The molecule has 0 unspecified atom stereocenters. The number of hydrogen-bond donors (Lipinski definition) is 1. The topological polar surface area (TPSA) is 96.0 Å². The van der Waals surface area contributed by atoms with E-state index in [1.54, 1.807) is 62.6 Å². The Bertz CT molecular complexity index is 1460. The number of hydrogen-bond acceptors (Lipinski definition) is 5. The summed E-state index contributed by atoms with van der Waals surface area (Å²) < 4.78 is 35.0. The van der Waals surface area contributed by atoms with Gasteiger partial charge in [-0.3, -0.25) is 13.9 Å². The van der Waals surface area contributed by atoms with E-state index >= 15 is 0 Å². The summed E-state index contributed by atoms with van der Waals surface area (Å²) >= 11 is 3.40. The van der Waals surface area contributed by atoms with Gasteiger partial charge in [-0.05, 0) is 80.8 Å². The zero-order valence-corrected chi connectivity index (χ0v) is 26.7. The molecule has 0 bridgehead atoms. The van der Waals surface area contributed by atoms with Crippen LogP contribution in [-0.2, 0) is 26.2 Å². The number of nitrogens with zero attached hydrogens (tertiary/aromatic N) is 2. The van der Waals surface area contributed by atoms with Crippen LogP contribution >= 0.6 is 15.9 Å². The molecular formula is C32H38BrN3O5S. The lowest BCUT2D eigenvalue weighted by Gasteiger charge is -2.33. The zero-order valence-electron chi connectivity index (χ0n) is 24.3. The number of aryl methyl sites for hydroxylation is 1. The first-order valence-corrected chi connectivity index (χ1v) is 16.4. The van der Waals surface area contributed by atoms with Gasteiger partial charge in [0.25, 0.3) is 10.0 Å². The van der Waals surface area contributed by atoms with Gasteiger partial charge >= 0.3 is 0 Å². The minimum atomic E-state index is -4.11. The first-order chi connectivity index (χ1) is 20.1. The molecule has 42 heavy (non-hydrogen) atoms. The molecule has 224 valence electrons. The Labute approximate surface area is 257 Å². The summed E-state index contributed by atoms with van der Waals surface area (Å²) in [6, 6.07) is 19.8. The van der Waals surface area contributed by atoms with Crippen molar-refractivity contribution < 1.29 is 22.7 Å². The first-order valence-electron chi connectivity index (χ1n) is 14.2. The maximum Gasteiger partial charge on any atom is 0.264 e. The summed E-state index contributed by atoms with van der Waals surface area (Å²) in [7, 11) is -2.53. The van der Waals surface area contributed by atoms with Gasteiger partial charge in [-0.2, -0.15) is 0 Å². The summed E-state index contributed by atoms with van der Waals surface area (Å²) in [6.45, 7) is 3.22. The number of carbonyl (C=O) groups excluding carboxylic acids is 2. The van der Waals surface area contributed by atoms with Gasteiger partial charge < -0.3 is 15.0 Å². The molecule has 0 aliphatic heterocycles. The van der Waals surface area contributed by atoms with E-state index in [0.717, 1.165) is 52.0 Å². The number of halogens is 1.